The maximum absolute atomic E-state index is 13.2. The molecular formula is C33H45N7O4. The highest BCUT2D eigenvalue weighted by Gasteiger charge is 2.27. The number of benzene rings is 1. The van der Waals surface area contributed by atoms with E-state index in [1.54, 1.807) is 19.2 Å². The van der Waals surface area contributed by atoms with E-state index >= 15 is 0 Å². The molecule has 11 nitrogen and oxygen atoms in total. The Kier molecular flexibility index (Phi) is 10.3. The minimum Gasteiger partial charge on any atom is -0.490 e. The van der Waals surface area contributed by atoms with Crippen LogP contribution < -0.4 is 26.0 Å². The van der Waals surface area contributed by atoms with Gasteiger partial charge in [0.15, 0.2) is 6.23 Å². The average molecular weight is 604 g/mol. The second kappa shape index (κ2) is 14.3. The lowest BCUT2D eigenvalue weighted by Gasteiger charge is -2.35. The van der Waals surface area contributed by atoms with Crippen LogP contribution in [-0.2, 0) is 0 Å². The van der Waals surface area contributed by atoms with Crippen molar-refractivity contribution in [3.63, 3.8) is 0 Å². The summed E-state index contributed by atoms with van der Waals surface area (Å²) >= 11 is 0. The van der Waals surface area contributed by atoms with E-state index in [1.807, 2.05) is 26.1 Å². The topological polar surface area (TPSA) is 144 Å². The fourth-order valence-corrected chi connectivity index (χ4v) is 5.73. The van der Waals surface area contributed by atoms with Gasteiger partial charge < -0.3 is 36.2 Å². The fourth-order valence-electron chi connectivity index (χ4n) is 5.73. The number of hydrogen-bond acceptors (Lipinski definition) is 10. The van der Waals surface area contributed by atoms with E-state index in [2.05, 4.69) is 50.2 Å². The highest BCUT2D eigenvalue weighted by Crippen LogP contribution is 2.40. The lowest BCUT2D eigenvalue weighted by Crippen LogP contribution is -2.50. The minimum atomic E-state index is -1.11. The molecule has 0 radical (unpaired) electrons. The second-order valence-electron chi connectivity index (χ2n) is 11.9. The normalized spacial score (nSPS) is 18.4. The zero-order chi connectivity index (χ0) is 31.2. The van der Waals surface area contributed by atoms with Crippen molar-refractivity contribution in [1.29, 1.82) is 0 Å². The summed E-state index contributed by atoms with van der Waals surface area (Å²) in [6.45, 7) is 9.58. The number of aliphatic hydroxyl groups excluding tert-OH is 2. The van der Waals surface area contributed by atoms with Gasteiger partial charge in [-0.25, -0.2) is 4.98 Å². The van der Waals surface area contributed by atoms with Crippen molar-refractivity contribution in [2.24, 2.45) is 0 Å². The Morgan fingerprint density at radius 2 is 1.95 bits per heavy atom. The number of aliphatic hydroxyl groups is 2. The first-order valence-electron chi connectivity index (χ1n) is 15.4. The highest BCUT2D eigenvalue weighted by molar-refractivity contribution is 6.00. The number of anilines is 2. The summed E-state index contributed by atoms with van der Waals surface area (Å²) in [6.07, 6.45) is 4.88. The molecule has 2 fully saturated rings. The van der Waals surface area contributed by atoms with Crippen LogP contribution in [0.15, 0.2) is 42.7 Å². The number of carbonyl (C=O) groups is 1. The highest BCUT2D eigenvalue weighted by atomic mass is 16.5. The Morgan fingerprint density at radius 1 is 1.14 bits per heavy atom. The predicted molar refractivity (Wildman–Crippen MR) is 171 cm³/mol. The van der Waals surface area contributed by atoms with Crippen molar-refractivity contribution >= 4 is 17.4 Å². The maximum atomic E-state index is 13.2. The number of amides is 1. The van der Waals surface area contributed by atoms with E-state index in [9.17, 15) is 9.90 Å². The van der Waals surface area contributed by atoms with Crippen LogP contribution in [0.1, 0.15) is 76.3 Å². The standard InChI is InChI=1S/C33H45N7O4/c1-20-14-29(38-30(19-40-10-9-35-22(3)18-40)28-8-7-24(16-36-28)23-5-6-23)27(32(42)34-4)15-26(20)33(43)39-31-21(2)13-25(17-37-31)44-12-11-41/h7-8,13-17,22-23,30,33,35,38,41,43H,5-6,9-12,18-19H2,1-4H3,(H,34,42)(H,37,39)/t22-,30-,33?/m1/s1. The van der Waals surface area contributed by atoms with Crippen LogP contribution in [0.4, 0.5) is 11.5 Å². The molecule has 1 aromatic carbocycles. The van der Waals surface area contributed by atoms with Crippen molar-refractivity contribution in [3.05, 3.63) is 76.2 Å². The fraction of sp³-hybridized carbons (Fsp3) is 0.485. The van der Waals surface area contributed by atoms with Gasteiger partial charge in [0, 0.05) is 56.7 Å². The minimum absolute atomic E-state index is 0.0888. The van der Waals surface area contributed by atoms with E-state index in [1.165, 1.54) is 24.6 Å². The molecule has 0 spiro atoms. The third-order valence-electron chi connectivity index (χ3n) is 8.30. The zero-order valence-electron chi connectivity index (χ0n) is 26.1. The first-order chi connectivity index (χ1) is 21.2. The Labute approximate surface area is 259 Å². The zero-order valence-corrected chi connectivity index (χ0v) is 26.1. The van der Waals surface area contributed by atoms with Crippen LogP contribution in [0.3, 0.4) is 0 Å². The van der Waals surface area contributed by atoms with Crippen molar-refractivity contribution < 1.29 is 19.7 Å². The first kappa shape index (κ1) is 31.6. The number of carbonyl (C=O) groups excluding carboxylic acids is 1. The molecule has 5 rings (SSSR count). The van der Waals surface area contributed by atoms with E-state index in [0.29, 0.717) is 40.3 Å². The number of hydrogen-bond donors (Lipinski definition) is 6. The molecule has 1 aliphatic heterocycles. The number of nitrogens with one attached hydrogen (secondary N) is 4. The second-order valence-corrected chi connectivity index (χ2v) is 11.9. The third-order valence-corrected chi connectivity index (χ3v) is 8.30. The Morgan fingerprint density at radius 3 is 2.61 bits per heavy atom. The number of aryl methyl sites for hydroxylation is 2. The smallest absolute Gasteiger partial charge is 0.253 e. The van der Waals surface area contributed by atoms with Crippen molar-refractivity contribution in [1.82, 2.24) is 25.5 Å². The molecule has 3 aromatic rings. The largest absolute Gasteiger partial charge is 0.490 e. The van der Waals surface area contributed by atoms with Crippen LogP contribution in [0.5, 0.6) is 5.75 Å². The summed E-state index contributed by atoms with van der Waals surface area (Å²) in [4.78, 5) is 24.9. The molecular weight excluding hydrogens is 558 g/mol. The van der Waals surface area contributed by atoms with Crippen LogP contribution in [0.2, 0.25) is 0 Å². The quantitative estimate of drug-likeness (QED) is 0.161. The Balaban J connectivity index is 1.41. The Hall–Kier alpha value is -3.77. The van der Waals surface area contributed by atoms with Crippen LogP contribution in [0, 0.1) is 13.8 Å². The average Bonchev–Trinajstić information content (AvgIpc) is 3.86. The molecule has 1 saturated heterocycles. The molecule has 236 valence electrons. The van der Waals surface area contributed by atoms with Gasteiger partial charge in [-0.15, -0.1) is 0 Å². The van der Waals surface area contributed by atoms with Gasteiger partial charge in [0.25, 0.3) is 5.91 Å². The number of pyridine rings is 2. The summed E-state index contributed by atoms with van der Waals surface area (Å²) in [7, 11) is 1.60. The summed E-state index contributed by atoms with van der Waals surface area (Å²) in [6, 6.07) is 9.99. The van der Waals surface area contributed by atoms with Crippen molar-refractivity contribution in [2.75, 3.05) is 57.1 Å². The van der Waals surface area contributed by atoms with Gasteiger partial charge in [-0.3, -0.25) is 14.7 Å². The third kappa shape index (κ3) is 7.84. The lowest BCUT2D eigenvalue weighted by molar-refractivity contribution is 0.0963. The van der Waals surface area contributed by atoms with Gasteiger partial charge in [-0.1, -0.05) is 6.07 Å². The molecule has 0 bridgehead atoms. The monoisotopic (exact) mass is 603 g/mol. The number of aromatic nitrogens is 2. The van der Waals surface area contributed by atoms with Crippen molar-refractivity contribution in [3.8, 4) is 5.75 Å². The number of nitrogens with zero attached hydrogens (tertiary/aromatic N) is 3. The van der Waals surface area contributed by atoms with Crippen LogP contribution in [0.25, 0.3) is 0 Å². The van der Waals surface area contributed by atoms with E-state index < -0.39 is 6.23 Å². The van der Waals surface area contributed by atoms with Gasteiger partial charge in [0.05, 0.1) is 30.1 Å². The van der Waals surface area contributed by atoms with Crippen LogP contribution in [-0.4, -0.2) is 83.5 Å². The van der Waals surface area contributed by atoms with E-state index in [4.69, 9.17) is 14.8 Å². The molecule has 44 heavy (non-hydrogen) atoms. The van der Waals surface area contributed by atoms with Gasteiger partial charge in [0.2, 0.25) is 0 Å². The predicted octanol–water partition coefficient (Wildman–Crippen LogP) is 3.25. The molecule has 2 aromatic heterocycles. The van der Waals surface area contributed by atoms with Gasteiger partial charge in [0.1, 0.15) is 18.2 Å². The molecule has 1 aliphatic carbocycles. The molecule has 6 N–H and O–H groups in total. The molecule has 1 saturated carbocycles. The van der Waals surface area contributed by atoms with E-state index in [-0.39, 0.29) is 25.2 Å². The summed E-state index contributed by atoms with van der Waals surface area (Å²) < 4.78 is 5.44. The number of piperazine rings is 1. The lowest BCUT2D eigenvalue weighted by atomic mass is 9.99. The Bertz CT molecular complexity index is 1430. The summed E-state index contributed by atoms with van der Waals surface area (Å²) in [5.74, 6) is 1.39. The number of ether oxygens (including phenoxy) is 1. The van der Waals surface area contributed by atoms with E-state index in [0.717, 1.165) is 43.0 Å². The van der Waals surface area contributed by atoms with Gasteiger partial charge >= 0.3 is 0 Å². The molecule has 2 aliphatic rings. The first-order valence-corrected chi connectivity index (χ1v) is 15.4. The number of rotatable bonds is 13. The van der Waals surface area contributed by atoms with Crippen molar-refractivity contribution in [2.45, 2.75) is 57.8 Å². The summed E-state index contributed by atoms with van der Waals surface area (Å²) in [5, 5.41) is 33.2. The molecule has 3 atom stereocenters. The molecule has 1 unspecified atom stereocenters. The molecule has 1 amide bonds. The van der Waals surface area contributed by atoms with Crippen LogP contribution >= 0.6 is 0 Å². The molecule has 11 heteroatoms. The maximum Gasteiger partial charge on any atom is 0.253 e. The van der Waals surface area contributed by atoms with Gasteiger partial charge in [-0.2, -0.15) is 0 Å². The summed E-state index contributed by atoms with van der Waals surface area (Å²) in [5.41, 5.74) is 5.47. The molecule has 3 heterocycles. The SMILES string of the molecule is CNC(=O)c1cc(C(O)Nc2ncc(OCCO)cc2C)c(C)cc1N[C@H](CN1CCN[C@H](C)C1)c1ccc(C2CC2)cn1. The van der Waals surface area contributed by atoms with Gasteiger partial charge in [-0.05, 0) is 80.5 Å².